The van der Waals surface area contributed by atoms with E-state index in [-0.39, 0.29) is 12.5 Å². The quantitative estimate of drug-likeness (QED) is 0.790. The first-order valence-electron chi connectivity index (χ1n) is 6.71. The number of carbonyl (C=O) groups excluding carboxylic acids is 1. The van der Waals surface area contributed by atoms with Crippen molar-refractivity contribution in [2.45, 2.75) is 19.4 Å². The van der Waals surface area contributed by atoms with Gasteiger partial charge in [-0.3, -0.25) is 4.79 Å². The van der Waals surface area contributed by atoms with E-state index in [2.05, 4.69) is 11.8 Å². The van der Waals surface area contributed by atoms with E-state index in [9.17, 15) is 9.90 Å². The number of aliphatic hydroxyl groups excluding tert-OH is 2. The topological polar surface area (TPSA) is 70.0 Å². The van der Waals surface area contributed by atoms with Crippen molar-refractivity contribution in [2.24, 2.45) is 0 Å². The Labute approximate surface area is 125 Å². The number of hydrogen-bond acceptors (Lipinski definition) is 4. The van der Waals surface area contributed by atoms with Gasteiger partial charge in [0.2, 0.25) is 0 Å². The number of hydrogen-bond donors (Lipinski definition) is 2. The number of rotatable bonds is 5. The highest BCUT2D eigenvalue weighted by molar-refractivity contribution is 5.94. The van der Waals surface area contributed by atoms with Crippen molar-refractivity contribution in [2.75, 3.05) is 27.3 Å². The molecule has 1 atom stereocenters. The number of amides is 1. The smallest absolute Gasteiger partial charge is 0.253 e. The lowest BCUT2D eigenvalue weighted by Crippen LogP contribution is -2.29. The zero-order valence-electron chi connectivity index (χ0n) is 12.6. The van der Waals surface area contributed by atoms with E-state index in [1.807, 2.05) is 0 Å². The molecule has 0 heterocycles. The van der Waals surface area contributed by atoms with Crippen LogP contribution in [-0.4, -0.2) is 54.4 Å². The summed E-state index contributed by atoms with van der Waals surface area (Å²) >= 11 is 0. The van der Waals surface area contributed by atoms with Crippen LogP contribution in [0, 0.1) is 11.8 Å². The fourth-order valence-electron chi connectivity index (χ4n) is 1.78. The van der Waals surface area contributed by atoms with Crippen molar-refractivity contribution in [3.63, 3.8) is 0 Å². The molecule has 0 aliphatic carbocycles. The minimum Gasteiger partial charge on any atom is -0.495 e. The van der Waals surface area contributed by atoms with E-state index < -0.39 is 6.10 Å². The van der Waals surface area contributed by atoms with Gasteiger partial charge >= 0.3 is 0 Å². The van der Waals surface area contributed by atoms with Crippen LogP contribution >= 0.6 is 0 Å². The van der Waals surface area contributed by atoms with Gasteiger partial charge in [0.25, 0.3) is 5.91 Å². The molecule has 0 bridgehead atoms. The van der Waals surface area contributed by atoms with Gasteiger partial charge < -0.3 is 19.8 Å². The molecule has 0 saturated carbocycles. The Morgan fingerprint density at radius 2 is 2.19 bits per heavy atom. The Hall–Kier alpha value is -2.03. The van der Waals surface area contributed by atoms with E-state index in [0.29, 0.717) is 29.8 Å². The zero-order chi connectivity index (χ0) is 15.8. The van der Waals surface area contributed by atoms with E-state index >= 15 is 0 Å². The van der Waals surface area contributed by atoms with Gasteiger partial charge in [-0.25, -0.2) is 0 Å². The molecule has 0 aliphatic heterocycles. The second-order valence-electron chi connectivity index (χ2n) is 4.74. The molecule has 0 saturated heterocycles. The number of aliphatic hydroxyl groups is 2. The third-order valence-corrected chi connectivity index (χ3v) is 2.98. The summed E-state index contributed by atoms with van der Waals surface area (Å²) in [6.45, 7) is 1.91. The van der Waals surface area contributed by atoms with Crippen LogP contribution in [0.25, 0.3) is 0 Å². The summed E-state index contributed by atoms with van der Waals surface area (Å²) in [6, 6.07) is 4.99. The maximum atomic E-state index is 12.3. The Balaban J connectivity index is 2.94. The predicted molar refractivity (Wildman–Crippen MR) is 80.2 cm³/mol. The van der Waals surface area contributed by atoms with Crippen LogP contribution in [0.1, 0.15) is 29.3 Å². The number of methoxy groups -OCH3 is 1. The molecule has 0 fully saturated rings. The summed E-state index contributed by atoms with van der Waals surface area (Å²) in [5, 5.41) is 18.0. The molecule has 1 unspecified atom stereocenters. The molecule has 0 aromatic heterocycles. The van der Waals surface area contributed by atoms with E-state index in [4.69, 9.17) is 9.84 Å². The molecule has 1 amide bonds. The number of benzene rings is 1. The maximum absolute atomic E-state index is 12.3. The number of ether oxygens (including phenoxy) is 1. The molecule has 5 nitrogen and oxygen atoms in total. The van der Waals surface area contributed by atoms with Crippen LogP contribution in [0.4, 0.5) is 0 Å². The summed E-state index contributed by atoms with van der Waals surface area (Å²) in [5.74, 6) is 5.71. The Morgan fingerprint density at radius 3 is 2.76 bits per heavy atom. The first-order valence-corrected chi connectivity index (χ1v) is 6.71. The average Bonchev–Trinajstić information content (AvgIpc) is 2.49. The molecule has 1 rings (SSSR count). The summed E-state index contributed by atoms with van der Waals surface area (Å²) in [6.07, 6.45) is 0.0809. The lowest BCUT2D eigenvalue weighted by atomic mass is 10.1. The van der Waals surface area contributed by atoms with Crippen molar-refractivity contribution >= 4 is 5.91 Å². The first-order chi connectivity index (χ1) is 9.99. The van der Waals surface area contributed by atoms with Gasteiger partial charge in [0, 0.05) is 19.2 Å². The molecule has 0 aliphatic rings. The molecule has 1 aromatic carbocycles. The van der Waals surface area contributed by atoms with Crippen LogP contribution < -0.4 is 4.74 Å². The molecule has 0 spiro atoms. The Kier molecular flexibility index (Phi) is 6.73. The van der Waals surface area contributed by atoms with Gasteiger partial charge in [0.15, 0.2) is 0 Å². The summed E-state index contributed by atoms with van der Waals surface area (Å²) in [5.41, 5.74) is 1.05. The van der Waals surface area contributed by atoms with Gasteiger partial charge in [0.1, 0.15) is 12.4 Å². The van der Waals surface area contributed by atoms with E-state index in [1.165, 1.54) is 7.11 Å². The van der Waals surface area contributed by atoms with Crippen LogP contribution in [0.5, 0.6) is 5.75 Å². The summed E-state index contributed by atoms with van der Waals surface area (Å²) < 4.78 is 5.17. The second-order valence-corrected chi connectivity index (χ2v) is 4.74. The lowest BCUT2D eigenvalue weighted by Gasteiger charge is -2.18. The number of carbonyl (C=O) groups is 1. The van der Waals surface area contributed by atoms with Crippen molar-refractivity contribution < 1.29 is 19.7 Å². The Morgan fingerprint density at radius 1 is 1.48 bits per heavy atom. The molecular weight excluding hydrogens is 270 g/mol. The molecule has 0 radical (unpaired) electrons. The summed E-state index contributed by atoms with van der Waals surface area (Å²) in [4.78, 5) is 13.8. The summed E-state index contributed by atoms with van der Waals surface area (Å²) in [7, 11) is 3.21. The third kappa shape index (κ3) is 5.10. The van der Waals surface area contributed by atoms with Crippen molar-refractivity contribution in [1.29, 1.82) is 0 Å². The van der Waals surface area contributed by atoms with Crippen LogP contribution in [0.15, 0.2) is 18.2 Å². The SMILES string of the molecule is COc1ccc(C(=O)N(C)CCC(C)O)cc1C#CCO. The Bertz CT molecular complexity index is 543. The van der Waals surface area contributed by atoms with Crippen LogP contribution in [-0.2, 0) is 0 Å². The monoisotopic (exact) mass is 291 g/mol. The molecule has 5 heteroatoms. The third-order valence-electron chi connectivity index (χ3n) is 2.98. The standard InChI is InChI=1S/C16H21NO4/c1-12(19)8-9-17(2)16(20)14-6-7-15(21-3)13(11-14)5-4-10-18/h6-7,11-12,18-19H,8-10H2,1-3H3. The molecule has 2 N–H and O–H groups in total. The van der Waals surface area contributed by atoms with Gasteiger partial charge in [-0.2, -0.15) is 0 Å². The van der Waals surface area contributed by atoms with Crippen LogP contribution in [0.2, 0.25) is 0 Å². The van der Waals surface area contributed by atoms with Crippen LogP contribution in [0.3, 0.4) is 0 Å². The predicted octanol–water partition coefficient (Wildman–Crippen LogP) is 0.882. The highest BCUT2D eigenvalue weighted by Gasteiger charge is 2.14. The lowest BCUT2D eigenvalue weighted by molar-refractivity contribution is 0.0769. The normalized spacial score (nSPS) is 11.3. The minimum absolute atomic E-state index is 0.148. The zero-order valence-corrected chi connectivity index (χ0v) is 12.6. The van der Waals surface area contributed by atoms with Gasteiger partial charge in [-0.1, -0.05) is 11.8 Å². The molecule has 114 valence electrons. The molecular formula is C16H21NO4. The minimum atomic E-state index is -0.443. The van der Waals surface area contributed by atoms with Crippen molar-refractivity contribution in [1.82, 2.24) is 4.90 Å². The average molecular weight is 291 g/mol. The van der Waals surface area contributed by atoms with Gasteiger partial charge in [-0.15, -0.1) is 0 Å². The van der Waals surface area contributed by atoms with Gasteiger partial charge in [0.05, 0.1) is 18.8 Å². The van der Waals surface area contributed by atoms with Gasteiger partial charge in [-0.05, 0) is 31.5 Å². The second kappa shape index (κ2) is 8.30. The fourth-order valence-corrected chi connectivity index (χ4v) is 1.78. The number of nitrogens with zero attached hydrogens (tertiary/aromatic N) is 1. The largest absolute Gasteiger partial charge is 0.495 e. The highest BCUT2D eigenvalue weighted by Crippen LogP contribution is 2.19. The maximum Gasteiger partial charge on any atom is 0.253 e. The highest BCUT2D eigenvalue weighted by atomic mass is 16.5. The molecule has 1 aromatic rings. The molecule has 21 heavy (non-hydrogen) atoms. The van der Waals surface area contributed by atoms with Crippen molar-refractivity contribution in [3.8, 4) is 17.6 Å². The fraction of sp³-hybridized carbons (Fsp3) is 0.438. The van der Waals surface area contributed by atoms with Crippen molar-refractivity contribution in [3.05, 3.63) is 29.3 Å². The first kappa shape index (κ1) is 17.0. The van der Waals surface area contributed by atoms with E-state index in [1.54, 1.807) is 37.1 Å². The van der Waals surface area contributed by atoms with E-state index in [0.717, 1.165) is 0 Å².